The summed E-state index contributed by atoms with van der Waals surface area (Å²) in [6.07, 6.45) is 0. The number of carbonyl (C=O) groups excluding carboxylic acids is 1. The molecule has 1 atom stereocenters. The molecule has 0 radical (unpaired) electrons. The second-order valence-corrected chi connectivity index (χ2v) is 6.79. The van der Waals surface area contributed by atoms with Gasteiger partial charge in [0.05, 0.1) is 0 Å². The van der Waals surface area contributed by atoms with E-state index in [-0.39, 0.29) is 33.0 Å². The Hall–Kier alpha value is -0.863. The molecule has 0 amide bonds. The van der Waals surface area contributed by atoms with Crippen molar-refractivity contribution >= 4 is 38.3 Å². The van der Waals surface area contributed by atoms with Crippen LogP contribution < -0.4 is 5.30 Å². The van der Waals surface area contributed by atoms with E-state index in [1.807, 2.05) is 13.8 Å². The number of aryl methyl sites for hydroxylation is 5. The fourth-order valence-corrected chi connectivity index (χ4v) is 3.94. The Morgan fingerprint density at radius 3 is 1.95 bits per heavy atom. The van der Waals surface area contributed by atoms with E-state index in [1.54, 1.807) is 0 Å². The first-order valence-corrected chi connectivity index (χ1v) is 7.85. The third-order valence-electron chi connectivity index (χ3n) is 3.55. The third kappa shape index (κ3) is 4.30. The molecular weight excluding hydrogens is 270 g/mol. The fourth-order valence-electron chi connectivity index (χ4n) is 2.59. The zero-order valence-corrected chi connectivity index (χ0v) is 13.8. The van der Waals surface area contributed by atoms with Crippen molar-refractivity contribution < 1.29 is 4.79 Å². The van der Waals surface area contributed by atoms with Crippen LogP contribution in [0.15, 0.2) is 30.3 Å². The van der Waals surface area contributed by atoms with E-state index in [4.69, 9.17) is 0 Å². The van der Waals surface area contributed by atoms with Crippen LogP contribution in [0, 0.1) is 34.6 Å². The van der Waals surface area contributed by atoms with E-state index >= 15 is 0 Å². The molecule has 0 bridgehead atoms. The molecule has 106 valence electrons. The van der Waals surface area contributed by atoms with Gasteiger partial charge in [0.15, 0.2) is 5.52 Å². The Labute approximate surface area is 141 Å². The first-order chi connectivity index (χ1) is 9.38. The summed E-state index contributed by atoms with van der Waals surface area (Å²) in [5, 5.41) is 1.16. The van der Waals surface area contributed by atoms with Gasteiger partial charge in [-0.15, -0.1) is 0 Å². The number of rotatable bonds is 3. The average molecular weight is 292 g/mol. The van der Waals surface area contributed by atoms with Crippen molar-refractivity contribution in [3.63, 3.8) is 0 Å². The third-order valence-corrected chi connectivity index (χ3v) is 4.83. The van der Waals surface area contributed by atoms with E-state index in [0.29, 0.717) is 0 Å². The molecule has 0 heterocycles. The van der Waals surface area contributed by atoms with Crippen molar-refractivity contribution in [1.29, 1.82) is 0 Å². The first-order valence-electron chi connectivity index (χ1n) is 6.85. The topological polar surface area (TPSA) is 17.1 Å². The van der Waals surface area contributed by atoms with Crippen molar-refractivity contribution in [2.24, 2.45) is 0 Å². The monoisotopic (exact) mass is 292 g/mol. The van der Waals surface area contributed by atoms with Crippen LogP contribution in [0.2, 0.25) is 0 Å². The van der Waals surface area contributed by atoms with Gasteiger partial charge in [-0.05, 0) is 65.2 Å². The van der Waals surface area contributed by atoms with Crippen molar-refractivity contribution in [3.05, 3.63) is 63.7 Å². The molecule has 0 fully saturated rings. The zero-order valence-electron chi connectivity index (χ0n) is 12.8. The van der Waals surface area contributed by atoms with Crippen molar-refractivity contribution in [2.45, 2.75) is 34.6 Å². The van der Waals surface area contributed by atoms with Gasteiger partial charge in [0.2, 0.25) is 0 Å². The van der Waals surface area contributed by atoms with Gasteiger partial charge in [-0.2, -0.15) is 0 Å². The number of carbonyl (C=O) groups is 1. The standard InChI is InChI=1S/C18H21OP.Li.H/c1-11-6-7-13(3)16(10-11)20-18(19)17-14(4)8-12(2)9-15(17)5;;/h6-10,20H,1-5H3;;. The Morgan fingerprint density at radius 2 is 1.38 bits per heavy atom. The average Bonchev–Trinajstić information content (AvgIpc) is 2.32. The molecule has 21 heavy (non-hydrogen) atoms. The molecule has 0 aliphatic rings. The van der Waals surface area contributed by atoms with Gasteiger partial charge in [0.25, 0.3) is 0 Å². The van der Waals surface area contributed by atoms with Gasteiger partial charge in [-0.1, -0.05) is 41.5 Å². The summed E-state index contributed by atoms with van der Waals surface area (Å²) >= 11 is 0. The summed E-state index contributed by atoms with van der Waals surface area (Å²) in [7, 11) is 0.202. The van der Waals surface area contributed by atoms with E-state index in [0.717, 1.165) is 22.0 Å². The molecule has 1 unspecified atom stereocenters. The quantitative estimate of drug-likeness (QED) is 0.622. The first kappa shape index (κ1) is 18.2. The van der Waals surface area contributed by atoms with Gasteiger partial charge in [0.1, 0.15) is 0 Å². The number of hydrogen-bond donors (Lipinski definition) is 0. The molecule has 0 saturated carbocycles. The van der Waals surface area contributed by atoms with Gasteiger partial charge in [0, 0.05) is 5.56 Å². The fraction of sp³-hybridized carbons (Fsp3) is 0.278. The van der Waals surface area contributed by atoms with Crippen molar-refractivity contribution in [1.82, 2.24) is 0 Å². The molecule has 0 N–H and O–H groups in total. The second-order valence-electron chi connectivity index (χ2n) is 5.55. The number of benzene rings is 2. The molecule has 0 aromatic heterocycles. The molecule has 2 rings (SSSR count). The van der Waals surface area contributed by atoms with E-state index in [9.17, 15) is 4.79 Å². The minimum atomic E-state index is 0. The van der Waals surface area contributed by atoms with E-state index < -0.39 is 0 Å². The van der Waals surface area contributed by atoms with Crippen LogP contribution in [0.4, 0.5) is 0 Å². The van der Waals surface area contributed by atoms with Crippen LogP contribution in [0.25, 0.3) is 0 Å². The van der Waals surface area contributed by atoms with Crippen LogP contribution in [0.5, 0.6) is 0 Å². The van der Waals surface area contributed by atoms with Gasteiger partial charge >= 0.3 is 18.9 Å². The summed E-state index contributed by atoms with van der Waals surface area (Å²) in [5.41, 5.74) is 6.94. The molecule has 2 aromatic rings. The summed E-state index contributed by atoms with van der Waals surface area (Å²) in [4.78, 5) is 12.6. The summed E-state index contributed by atoms with van der Waals surface area (Å²) in [6.45, 7) is 10.3. The second kappa shape index (κ2) is 7.42. The van der Waals surface area contributed by atoms with Crippen molar-refractivity contribution in [2.75, 3.05) is 0 Å². The summed E-state index contributed by atoms with van der Waals surface area (Å²) in [6, 6.07) is 10.5. The van der Waals surface area contributed by atoms with Crippen LogP contribution in [0.1, 0.15) is 38.2 Å². The van der Waals surface area contributed by atoms with Crippen LogP contribution in [-0.2, 0) is 0 Å². The molecule has 0 spiro atoms. The molecule has 0 saturated heterocycles. The maximum absolute atomic E-state index is 12.6. The predicted molar refractivity (Wildman–Crippen MR) is 96.0 cm³/mol. The molecule has 1 nitrogen and oxygen atoms in total. The molecule has 0 aliphatic carbocycles. The summed E-state index contributed by atoms with van der Waals surface area (Å²) in [5.74, 6) is 0. The van der Waals surface area contributed by atoms with Gasteiger partial charge in [-0.25, -0.2) is 0 Å². The van der Waals surface area contributed by atoms with E-state index in [1.165, 1.54) is 16.7 Å². The van der Waals surface area contributed by atoms with Gasteiger partial charge in [-0.3, -0.25) is 4.79 Å². The molecule has 2 aromatic carbocycles. The molecule has 0 aliphatic heterocycles. The maximum atomic E-state index is 12.6. The van der Waals surface area contributed by atoms with Crippen LogP contribution >= 0.6 is 8.58 Å². The van der Waals surface area contributed by atoms with Crippen LogP contribution in [-0.4, -0.2) is 24.4 Å². The van der Waals surface area contributed by atoms with Crippen molar-refractivity contribution in [3.8, 4) is 0 Å². The van der Waals surface area contributed by atoms with Crippen LogP contribution in [0.3, 0.4) is 0 Å². The number of hydrogen-bond acceptors (Lipinski definition) is 1. The Balaban J connectivity index is 0.00000220. The molecule has 3 heteroatoms. The minimum absolute atomic E-state index is 0. The molecular formula is C18H22LiOP. The normalized spacial score (nSPS) is 10.7. The Morgan fingerprint density at radius 1 is 0.810 bits per heavy atom. The Bertz CT molecular complexity index is 654. The Kier molecular flexibility index (Phi) is 6.42. The zero-order chi connectivity index (χ0) is 14.9. The summed E-state index contributed by atoms with van der Waals surface area (Å²) < 4.78 is 0. The SMILES string of the molecule is Cc1cc(C)c(C(=O)Pc2cc(C)ccc2C)c(C)c1.[LiH]. The van der Waals surface area contributed by atoms with E-state index in [2.05, 4.69) is 51.1 Å². The van der Waals surface area contributed by atoms with Gasteiger partial charge < -0.3 is 0 Å². The predicted octanol–water partition coefficient (Wildman–Crippen LogP) is 3.72.